The monoisotopic (exact) mass is 270 g/mol. The minimum absolute atomic E-state index is 0. The summed E-state index contributed by atoms with van der Waals surface area (Å²) in [6, 6.07) is 7.93. The Morgan fingerprint density at radius 3 is 2.39 bits per heavy atom. The highest BCUT2D eigenvalue weighted by atomic mass is 35.5. The molecule has 4 heteroatoms. The minimum atomic E-state index is 0. The number of hydrogen-bond acceptors (Lipinski definition) is 2. The summed E-state index contributed by atoms with van der Waals surface area (Å²) in [5.41, 5.74) is 2.06. The summed E-state index contributed by atoms with van der Waals surface area (Å²) in [6.07, 6.45) is 2.21. The van der Waals surface area contributed by atoms with Gasteiger partial charge < -0.3 is 10.2 Å². The summed E-state index contributed by atoms with van der Waals surface area (Å²) >= 11 is 0. The van der Waals surface area contributed by atoms with Crippen LogP contribution in [0.2, 0.25) is 0 Å². The molecular weight excluding hydrogens is 248 g/mol. The van der Waals surface area contributed by atoms with Crippen molar-refractivity contribution in [2.45, 2.75) is 19.8 Å². The summed E-state index contributed by atoms with van der Waals surface area (Å²) in [5, 5.41) is 3.04. The van der Waals surface area contributed by atoms with Crippen molar-refractivity contribution >= 4 is 18.3 Å². The summed E-state index contributed by atoms with van der Waals surface area (Å²) in [4.78, 5) is 13.8. The third kappa shape index (κ3) is 5.07. The highest BCUT2D eigenvalue weighted by Gasteiger charge is 2.10. The Hall–Kier alpha value is -1.06. The zero-order chi connectivity index (χ0) is 12.7. The molecule has 1 aromatic carbocycles. The van der Waals surface area contributed by atoms with Crippen LogP contribution in [0.3, 0.4) is 0 Å². The van der Waals surface area contributed by atoms with Gasteiger partial charge in [-0.15, -0.1) is 12.4 Å². The Kier molecular flexibility index (Phi) is 8.42. The molecule has 0 aliphatic rings. The molecule has 0 aliphatic heterocycles. The maximum Gasteiger partial charge on any atom is 0.253 e. The molecule has 1 rings (SSSR count). The molecule has 18 heavy (non-hydrogen) atoms. The van der Waals surface area contributed by atoms with E-state index in [2.05, 4.69) is 12.2 Å². The second-order valence-electron chi connectivity index (χ2n) is 4.28. The lowest BCUT2D eigenvalue weighted by molar-refractivity contribution is 0.0797. The normalized spacial score (nSPS) is 9.72. The molecule has 0 heterocycles. The van der Waals surface area contributed by atoms with E-state index in [0.29, 0.717) is 0 Å². The van der Waals surface area contributed by atoms with Gasteiger partial charge >= 0.3 is 0 Å². The number of halogens is 1. The molecule has 0 unspecified atom stereocenters. The first-order valence-corrected chi connectivity index (χ1v) is 6.18. The van der Waals surface area contributed by atoms with Crippen LogP contribution in [0.1, 0.15) is 29.3 Å². The summed E-state index contributed by atoms with van der Waals surface area (Å²) in [5.74, 6) is 0.0864. The Bertz CT molecular complexity index is 351. The maximum atomic E-state index is 12.0. The van der Waals surface area contributed by atoms with E-state index in [4.69, 9.17) is 0 Å². The molecule has 1 N–H and O–H groups in total. The smallest absolute Gasteiger partial charge is 0.253 e. The molecule has 0 radical (unpaired) electrons. The van der Waals surface area contributed by atoms with E-state index in [-0.39, 0.29) is 18.3 Å². The van der Waals surface area contributed by atoms with Crippen LogP contribution in [-0.2, 0) is 6.42 Å². The first-order chi connectivity index (χ1) is 8.19. The standard InChI is InChI=1S/C14H22N2O.ClH/c1-4-5-12-6-8-13(9-7-12)14(17)16(3)11-10-15-2;/h6-9,15H,4-5,10-11H2,1-3H3;1H. The van der Waals surface area contributed by atoms with E-state index in [1.54, 1.807) is 4.90 Å². The van der Waals surface area contributed by atoms with Gasteiger partial charge in [0, 0.05) is 25.7 Å². The Labute approximate surface area is 116 Å². The predicted octanol–water partition coefficient (Wildman–Crippen LogP) is 2.35. The van der Waals surface area contributed by atoms with Crippen molar-refractivity contribution in [1.82, 2.24) is 10.2 Å². The van der Waals surface area contributed by atoms with Crippen LogP contribution in [0.5, 0.6) is 0 Å². The molecule has 0 saturated heterocycles. The number of carbonyl (C=O) groups is 1. The van der Waals surface area contributed by atoms with Gasteiger partial charge in [-0.05, 0) is 31.2 Å². The van der Waals surface area contributed by atoms with Gasteiger partial charge in [0.25, 0.3) is 5.91 Å². The van der Waals surface area contributed by atoms with E-state index in [9.17, 15) is 4.79 Å². The predicted molar refractivity (Wildman–Crippen MR) is 78.6 cm³/mol. The topological polar surface area (TPSA) is 32.3 Å². The van der Waals surface area contributed by atoms with Crippen molar-refractivity contribution in [3.8, 4) is 0 Å². The van der Waals surface area contributed by atoms with Crippen LogP contribution in [-0.4, -0.2) is 38.0 Å². The number of benzene rings is 1. The third-order valence-corrected chi connectivity index (χ3v) is 2.78. The van der Waals surface area contributed by atoms with Gasteiger partial charge in [0.2, 0.25) is 0 Å². The summed E-state index contributed by atoms with van der Waals surface area (Å²) in [6.45, 7) is 3.70. The highest BCUT2D eigenvalue weighted by Crippen LogP contribution is 2.08. The number of aryl methyl sites for hydroxylation is 1. The molecule has 0 fully saturated rings. The van der Waals surface area contributed by atoms with Crippen molar-refractivity contribution in [2.24, 2.45) is 0 Å². The molecular formula is C14H23ClN2O. The highest BCUT2D eigenvalue weighted by molar-refractivity contribution is 5.94. The molecule has 102 valence electrons. The Morgan fingerprint density at radius 1 is 1.28 bits per heavy atom. The first kappa shape index (κ1) is 16.9. The average Bonchev–Trinajstić information content (AvgIpc) is 2.36. The lowest BCUT2D eigenvalue weighted by Gasteiger charge is -2.17. The van der Waals surface area contributed by atoms with Gasteiger partial charge in [0.05, 0.1) is 0 Å². The van der Waals surface area contributed by atoms with Crippen LogP contribution in [0.15, 0.2) is 24.3 Å². The van der Waals surface area contributed by atoms with E-state index >= 15 is 0 Å². The van der Waals surface area contributed by atoms with Gasteiger partial charge in [0.1, 0.15) is 0 Å². The molecule has 0 aromatic heterocycles. The fraction of sp³-hybridized carbons (Fsp3) is 0.500. The van der Waals surface area contributed by atoms with Gasteiger partial charge in [-0.2, -0.15) is 0 Å². The molecule has 0 spiro atoms. The fourth-order valence-electron chi connectivity index (χ4n) is 1.70. The number of amides is 1. The number of rotatable bonds is 6. The van der Waals surface area contributed by atoms with Crippen molar-refractivity contribution in [3.63, 3.8) is 0 Å². The zero-order valence-electron chi connectivity index (χ0n) is 11.4. The van der Waals surface area contributed by atoms with E-state index in [1.807, 2.05) is 38.4 Å². The lowest BCUT2D eigenvalue weighted by Crippen LogP contribution is -2.32. The number of likely N-dealkylation sites (N-methyl/N-ethyl adjacent to an activating group) is 2. The number of nitrogens with zero attached hydrogens (tertiary/aromatic N) is 1. The molecule has 1 aromatic rings. The Balaban J connectivity index is 0.00000289. The molecule has 0 aliphatic carbocycles. The van der Waals surface area contributed by atoms with E-state index in [1.165, 1.54) is 5.56 Å². The molecule has 1 amide bonds. The van der Waals surface area contributed by atoms with Crippen molar-refractivity contribution < 1.29 is 4.79 Å². The summed E-state index contributed by atoms with van der Waals surface area (Å²) in [7, 11) is 3.72. The number of carbonyl (C=O) groups excluding carboxylic acids is 1. The second kappa shape index (κ2) is 8.95. The van der Waals surface area contributed by atoms with Gasteiger partial charge in [-0.3, -0.25) is 4.79 Å². The van der Waals surface area contributed by atoms with Crippen LogP contribution in [0.25, 0.3) is 0 Å². The minimum Gasteiger partial charge on any atom is -0.340 e. The van der Waals surface area contributed by atoms with Crippen molar-refractivity contribution in [1.29, 1.82) is 0 Å². The molecule has 0 saturated carbocycles. The fourth-order valence-corrected chi connectivity index (χ4v) is 1.70. The second-order valence-corrected chi connectivity index (χ2v) is 4.28. The quantitative estimate of drug-likeness (QED) is 0.861. The van der Waals surface area contributed by atoms with E-state index in [0.717, 1.165) is 31.5 Å². The zero-order valence-corrected chi connectivity index (χ0v) is 12.2. The van der Waals surface area contributed by atoms with Gasteiger partial charge in [0.15, 0.2) is 0 Å². The lowest BCUT2D eigenvalue weighted by atomic mass is 10.1. The van der Waals surface area contributed by atoms with Gasteiger partial charge in [-0.1, -0.05) is 25.5 Å². The Morgan fingerprint density at radius 2 is 1.89 bits per heavy atom. The first-order valence-electron chi connectivity index (χ1n) is 6.18. The number of nitrogens with one attached hydrogen (secondary N) is 1. The number of hydrogen-bond donors (Lipinski definition) is 1. The summed E-state index contributed by atoms with van der Waals surface area (Å²) < 4.78 is 0. The maximum absolute atomic E-state index is 12.0. The van der Waals surface area contributed by atoms with Crippen molar-refractivity contribution in [2.75, 3.05) is 27.2 Å². The van der Waals surface area contributed by atoms with Crippen LogP contribution >= 0.6 is 12.4 Å². The molecule has 0 bridgehead atoms. The SMILES string of the molecule is CCCc1ccc(C(=O)N(C)CCNC)cc1.Cl. The van der Waals surface area contributed by atoms with E-state index < -0.39 is 0 Å². The third-order valence-electron chi connectivity index (χ3n) is 2.78. The van der Waals surface area contributed by atoms with Crippen LogP contribution < -0.4 is 5.32 Å². The molecule has 3 nitrogen and oxygen atoms in total. The largest absolute Gasteiger partial charge is 0.340 e. The van der Waals surface area contributed by atoms with Crippen molar-refractivity contribution in [3.05, 3.63) is 35.4 Å². The molecule has 0 atom stereocenters. The van der Waals surface area contributed by atoms with Crippen LogP contribution in [0, 0.1) is 0 Å². The van der Waals surface area contributed by atoms with Gasteiger partial charge in [-0.25, -0.2) is 0 Å². The van der Waals surface area contributed by atoms with Crippen LogP contribution in [0.4, 0.5) is 0 Å². The average molecular weight is 271 g/mol.